The maximum absolute atomic E-state index is 14.3. The van der Waals surface area contributed by atoms with E-state index in [0.717, 1.165) is 6.42 Å². The fourth-order valence-corrected chi connectivity index (χ4v) is 2.76. The van der Waals surface area contributed by atoms with E-state index in [0.29, 0.717) is 23.0 Å². The Morgan fingerprint density at radius 1 is 1.26 bits per heavy atom. The molecule has 0 bridgehead atoms. The van der Waals surface area contributed by atoms with Gasteiger partial charge in [0.25, 0.3) is 0 Å². The zero-order chi connectivity index (χ0) is 14.2. The normalized spacial score (nSPS) is 21.9. The number of nitrogens with one attached hydrogen (secondary N) is 1. The summed E-state index contributed by atoms with van der Waals surface area (Å²) >= 11 is 0. The topological polar surface area (TPSA) is 30.5 Å². The standard InChI is InChI=1S/C15H22FNO2/c1-15(2)8-10(15)14(17-3)9-6-12(18-4)13(19-5)7-11(9)16/h6-7,10,14,17H,8H2,1-5H3. The molecule has 0 heterocycles. The Morgan fingerprint density at radius 2 is 1.79 bits per heavy atom. The number of rotatable bonds is 5. The highest BCUT2D eigenvalue weighted by atomic mass is 19.1. The molecular weight excluding hydrogens is 245 g/mol. The predicted octanol–water partition coefficient (Wildman–Crippen LogP) is 3.15. The first kappa shape index (κ1) is 14.1. The van der Waals surface area contributed by atoms with Crippen LogP contribution in [-0.4, -0.2) is 21.3 Å². The minimum absolute atomic E-state index is 0.00908. The number of hydrogen-bond donors (Lipinski definition) is 1. The maximum Gasteiger partial charge on any atom is 0.163 e. The Balaban J connectivity index is 2.38. The van der Waals surface area contributed by atoms with Crippen molar-refractivity contribution < 1.29 is 13.9 Å². The number of halogens is 1. The molecule has 0 saturated heterocycles. The average molecular weight is 267 g/mol. The van der Waals surface area contributed by atoms with Crippen LogP contribution in [0.15, 0.2) is 12.1 Å². The Hall–Kier alpha value is -1.29. The van der Waals surface area contributed by atoms with E-state index in [2.05, 4.69) is 19.2 Å². The molecule has 19 heavy (non-hydrogen) atoms. The van der Waals surface area contributed by atoms with Crippen molar-refractivity contribution in [3.8, 4) is 11.5 Å². The van der Waals surface area contributed by atoms with Crippen molar-refractivity contribution in [2.24, 2.45) is 11.3 Å². The molecule has 2 rings (SSSR count). The van der Waals surface area contributed by atoms with Crippen molar-refractivity contribution in [2.75, 3.05) is 21.3 Å². The summed E-state index contributed by atoms with van der Waals surface area (Å²) in [7, 11) is 4.95. The molecule has 2 unspecified atom stereocenters. The summed E-state index contributed by atoms with van der Waals surface area (Å²) in [5, 5.41) is 3.23. The third-order valence-electron chi connectivity index (χ3n) is 4.14. The monoisotopic (exact) mass is 267 g/mol. The Bertz CT molecular complexity index is 473. The molecule has 1 aliphatic carbocycles. The number of methoxy groups -OCH3 is 2. The molecule has 3 nitrogen and oxygen atoms in total. The van der Waals surface area contributed by atoms with Crippen LogP contribution in [0.3, 0.4) is 0 Å². The van der Waals surface area contributed by atoms with Crippen LogP contribution in [0.4, 0.5) is 4.39 Å². The summed E-state index contributed by atoms with van der Waals surface area (Å²) < 4.78 is 24.6. The van der Waals surface area contributed by atoms with E-state index in [4.69, 9.17) is 9.47 Å². The quantitative estimate of drug-likeness (QED) is 0.889. The van der Waals surface area contributed by atoms with Crippen LogP contribution in [0.1, 0.15) is 31.9 Å². The summed E-state index contributed by atoms with van der Waals surface area (Å²) in [5.74, 6) is 1.19. The van der Waals surface area contributed by atoms with E-state index in [1.807, 2.05) is 7.05 Å². The van der Waals surface area contributed by atoms with Gasteiger partial charge in [-0.1, -0.05) is 13.8 Å². The molecular formula is C15H22FNO2. The number of benzene rings is 1. The van der Waals surface area contributed by atoms with E-state index in [1.165, 1.54) is 13.2 Å². The highest BCUT2D eigenvalue weighted by Gasteiger charge is 2.50. The zero-order valence-corrected chi connectivity index (χ0v) is 12.2. The van der Waals surface area contributed by atoms with Crippen molar-refractivity contribution >= 4 is 0 Å². The lowest BCUT2D eigenvalue weighted by Gasteiger charge is -2.20. The van der Waals surface area contributed by atoms with E-state index in [1.54, 1.807) is 13.2 Å². The molecule has 0 aromatic heterocycles. The fraction of sp³-hybridized carbons (Fsp3) is 0.600. The third-order valence-corrected chi connectivity index (χ3v) is 4.14. The Labute approximate surface area is 114 Å². The van der Waals surface area contributed by atoms with Crippen molar-refractivity contribution in [3.63, 3.8) is 0 Å². The molecule has 2 atom stereocenters. The lowest BCUT2D eigenvalue weighted by Crippen LogP contribution is -2.22. The van der Waals surface area contributed by atoms with Gasteiger partial charge in [0.05, 0.1) is 14.2 Å². The van der Waals surface area contributed by atoms with Crippen molar-refractivity contribution in [1.82, 2.24) is 5.32 Å². The van der Waals surface area contributed by atoms with Crippen LogP contribution >= 0.6 is 0 Å². The van der Waals surface area contributed by atoms with E-state index >= 15 is 0 Å². The lowest BCUT2D eigenvalue weighted by atomic mass is 9.96. The molecule has 0 aliphatic heterocycles. The fourth-order valence-electron chi connectivity index (χ4n) is 2.76. The van der Waals surface area contributed by atoms with Gasteiger partial charge in [0.1, 0.15) is 5.82 Å². The van der Waals surface area contributed by atoms with Gasteiger partial charge in [-0.15, -0.1) is 0 Å². The second-order valence-corrected chi connectivity index (χ2v) is 5.79. The highest BCUT2D eigenvalue weighted by Crippen LogP contribution is 2.58. The average Bonchev–Trinajstić information content (AvgIpc) is 3.00. The van der Waals surface area contributed by atoms with Gasteiger partial charge < -0.3 is 14.8 Å². The number of ether oxygens (including phenoxy) is 2. The first-order chi connectivity index (χ1) is 8.94. The zero-order valence-electron chi connectivity index (χ0n) is 12.2. The smallest absolute Gasteiger partial charge is 0.163 e. The summed E-state index contributed by atoms with van der Waals surface area (Å²) in [6, 6.07) is 3.15. The summed E-state index contributed by atoms with van der Waals surface area (Å²) in [4.78, 5) is 0. The van der Waals surface area contributed by atoms with Crippen LogP contribution < -0.4 is 14.8 Å². The third kappa shape index (κ3) is 2.54. The second kappa shape index (κ2) is 5.00. The van der Waals surface area contributed by atoms with Gasteiger partial charge in [-0.25, -0.2) is 4.39 Å². The van der Waals surface area contributed by atoms with Gasteiger partial charge in [-0.3, -0.25) is 0 Å². The van der Waals surface area contributed by atoms with Crippen LogP contribution in [0.25, 0.3) is 0 Å². The first-order valence-corrected chi connectivity index (χ1v) is 6.53. The second-order valence-electron chi connectivity index (χ2n) is 5.79. The minimum atomic E-state index is -0.250. The van der Waals surface area contributed by atoms with Gasteiger partial charge in [0.15, 0.2) is 11.5 Å². The Kier molecular flexibility index (Phi) is 3.72. The van der Waals surface area contributed by atoms with Gasteiger partial charge in [-0.05, 0) is 30.9 Å². The first-order valence-electron chi connectivity index (χ1n) is 6.53. The molecule has 4 heteroatoms. The van der Waals surface area contributed by atoms with Gasteiger partial charge in [0.2, 0.25) is 0 Å². The van der Waals surface area contributed by atoms with Crippen molar-refractivity contribution in [1.29, 1.82) is 0 Å². The molecule has 0 radical (unpaired) electrons. The van der Waals surface area contributed by atoms with Crippen molar-refractivity contribution in [2.45, 2.75) is 26.3 Å². The van der Waals surface area contributed by atoms with Gasteiger partial charge in [-0.2, -0.15) is 0 Å². The molecule has 1 aromatic rings. The summed E-state index contributed by atoms with van der Waals surface area (Å²) in [6.07, 6.45) is 1.10. The Morgan fingerprint density at radius 3 is 2.21 bits per heavy atom. The number of hydrogen-bond acceptors (Lipinski definition) is 3. The molecule has 1 aliphatic rings. The molecule has 0 amide bonds. The van der Waals surface area contributed by atoms with Gasteiger partial charge in [0, 0.05) is 17.7 Å². The van der Waals surface area contributed by atoms with Crippen molar-refractivity contribution in [3.05, 3.63) is 23.5 Å². The van der Waals surface area contributed by atoms with Gasteiger partial charge >= 0.3 is 0 Å². The SMILES string of the molecule is CNC(c1cc(OC)c(OC)cc1F)C1CC1(C)C. The van der Waals surface area contributed by atoms with Crippen LogP contribution in [0.2, 0.25) is 0 Å². The van der Waals surface area contributed by atoms with E-state index < -0.39 is 0 Å². The van der Waals surface area contributed by atoms with Crippen LogP contribution in [0, 0.1) is 17.2 Å². The van der Waals surface area contributed by atoms with Crippen LogP contribution in [-0.2, 0) is 0 Å². The molecule has 1 aromatic carbocycles. The molecule has 1 N–H and O–H groups in total. The molecule has 1 saturated carbocycles. The summed E-state index contributed by atoms with van der Waals surface area (Å²) in [6.45, 7) is 4.42. The summed E-state index contributed by atoms with van der Waals surface area (Å²) in [5.41, 5.74) is 0.920. The molecule has 106 valence electrons. The van der Waals surface area contributed by atoms with E-state index in [9.17, 15) is 4.39 Å². The van der Waals surface area contributed by atoms with Crippen LogP contribution in [0.5, 0.6) is 11.5 Å². The maximum atomic E-state index is 14.3. The van der Waals surface area contributed by atoms with E-state index in [-0.39, 0.29) is 17.3 Å². The molecule has 1 fully saturated rings. The predicted molar refractivity (Wildman–Crippen MR) is 73.2 cm³/mol. The highest BCUT2D eigenvalue weighted by molar-refractivity contribution is 5.45. The minimum Gasteiger partial charge on any atom is -0.493 e. The molecule has 0 spiro atoms. The largest absolute Gasteiger partial charge is 0.493 e. The lowest BCUT2D eigenvalue weighted by molar-refractivity contribution is 0.348.